The van der Waals surface area contributed by atoms with Gasteiger partial charge in [-0.2, -0.15) is 0 Å². The molecule has 0 rings (SSSR count). The minimum Gasteiger partial charge on any atom is -0.462 e. The molecule has 0 aromatic carbocycles. The summed E-state index contributed by atoms with van der Waals surface area (Å²) in [7, 11) is 0. The zero-order valence-corrected chi connectivity index (χ0v) is 55.4. The van der Waals surface area contributed by atoms with Crippen LogP contribution in [0.2, 0.25) is 0 Å². The summed E-state index contributed by atoms with van der Waals surface area (Å²) in [5.74, 6) is -0.829. The molecule has 0 bridgehead atoms. The lowest BCUT2D eigenvalue weighted by Gasteiger charge is -2.18. The van der Waals surface area contributed by atoms with Gasteiger partial charge in [-0.1, -0.05) is 380 Å². The molecule has 1 unspecified atom stereocenters. The molecule has 0 N–H and O–H groups in total. The van der Waals surface area contributed by atoms with Crippen LogP contribution in [0.3, 0.4) is 0 Å². The molecule has 0 heterocycles. The Kier molecular flexibility index (Phi) is 69.0. The van der Waals surface area contributed by atoms with Gasteiger partial charge >= 0.3 is 17.9 Å². The predicted octanol–water partition coefficient (Wildman–Crippen LogP) is 25.6. The standard InChI is InChI=1S/C75H144O6/c1-4-7-10-13-16-19-22-25-28-31-33-35-36-37-38-40-41-44-47-50-53-56-59-62-65-68-74(77)80-71-72(70-79-73(76)67-64-61-58-55-52-49-46-43-30-27-24-21-18-15-12-9-6-3)81-75(78)69-66-63-60-57-54-51-48-45-42-39-34-32-29-26-23-20-17-14-11-8-5-2/h27,30,72H,4-26,28-29,31-71H2,1-3H3/b30-27-. The molecule has 0 aliphatic carbocycles. The SMILES string of the molecule is CCCCCCCC/C=C\CCCCCCCCCC(=O)OCC(COC(=O)CCCCCCCCCCCCCCCCCCCCCCCCCCC)OC(=O)CCCCCCCCCCCCCCCCCCCCCCC. The van der Waals surface area contributed by atoms with E-state index in [9.17, 15) is 14.4 Å². The highest BCUT2D eigenvalue weighted by atomic mass is 16.6. The molecule has 0 spiro atoms. The number of carbonyl (C=O) groups is 3. The molecule has 6 nitrogen and oxygen atoms in total. The van der Waals surface area contributed by atoms with Crippen molar-refractivity contribution in [2.45, 2.75) is 438 Å². The second-order valence-corrected chi connectivity index (χ2v) is 25.6. The Bertz CT molecular complexity index is 1260. The Hall–Kier alpha value is -1.85. The third kappa shape index (κ3) is 68.8. The van der Waals surface area contributed by atoms with Gasteiger partial charge in [0.1, 0.15) is 13.2 Å². The van der Waals surface area contributed by atoms with E-state index in [0.717, 1.165) is 57.8 Å². The molecule has 0 saturated heterocycles. The van der Waals surface area contributed by atoms with Crippen LogP contribution in [0.5, 0.6) is 0 Å². The summed E-state index contributed by atoms with van der Waals surface area (Å²) in [6, 6.07) is 0. The van der Waals surface area contributed by atoms with Gasteiger partial charge < -0.3 is 14.2 Å². The molecule has 0 radical (unpaired) electrons. The van der Waals surface area contributed by atoms with Crippen LogP contribution in [0.1, 0.15) is 432 Å². The highest BCUT2D eigenvalue weighted by molar-refractivity contribution is 5.71. The lowest BCUT2D eigenvalue weighted by atomic mass is 10.0. The fourth-order valence-electron chi connectivity index (χ4n) is 11.7. The Balaban J connectivity index is 4.25. The number of rotatable bonds is 70. The summed E-state index contributed by atoms with van der Waals surface area (Å²) in [4.78, 5) is 38.5. The van der Waals surface area contributed by atoms with E-state index in [4.69, 9.17) is 14.2 Å². The van der Waals surface area contributed by atoms with Gasteiger partial charge in [0.25, 0.3) is 0 Å². The largest absolute Gasteiger partial charge is 0.462 e. The Morgan fingerprint density at radius 2 is 0.407 bits per heavy atom. The summed E-state index contributed by atoms with van der Waals surface area (Å²) in [6.45, 7) is 6.74. The van der Waals surface area contributed by atoms with Crippen LogP contribution in [0.25, 0.3) is 0 Å². The van der Waals surface area contributed by atoms with Gasteiger partial charge in [0.05, 0.1) is 0 Å². The van der Waals surface area contributed by atoms with Crippen LogP contribution in [0, 0.1) is 0 Å². The lowest BCUT2D eigenvalue weighted by molar-refractivity contribution is -0.167. The van der Waals surface area contributed by atoms with Crippen molar-refractivity contribution in [1.82, 2.24) is 0 Å². The molecule has 1 atom stereocenters. The monoisotopic (exact) mass is 1140 g/mol. The van der Waals surface area contributed by atoms with Crippen molar-refractivity contribution in [3.8, 4) is 0 Å². The molecule has 81 heavy (non-hydrogen) atoms. The zero-order chi connectivity index (χ0) is 58.5. The first-order valence-corrected chi connectivity index (χ1v) is 37.2. The van der Waals surface area contributed by atoms with E-state index >= 15 is 0 Å². The Labute approximate surface area is 507 Å². The van der Waals surface area contributed by atoms with Crippen molar-refractivity contribution < 1.29 is 28.6 Å². The molecule has 0 aromatic heterocycles. The second kappa shape index (κ2) is 70.6. The van der Waals surface area contributed by atoms with E-state index < -0.39 is 6.10 Å². The quantitative estimate of drug-likeness (QED) is 0.0261. The summed E-state index contributed by atoms with van der Waals surface area (Å²) < 4.78 is 17.0. The molecule has 0 aliphatic rings. The third-order valence-corrected chi connectivity index (χ3v) is 17.3. The average Bonchev–Trinajstić information content (AvgIpc) is 3.47. The first-order valence-electron chi connectivity index (χ1n) is 37.2. The number of hydrogen-bond donors (Lipinski definition) is 0. The van der Waals surface area contributed by atoms with Crippen LogP contribution in [-0.4, -0.2) is 37.2 Å². The second-order valence-electron chi connectivity index (χ2n) is 25.6. The van der Waals surface area contributed by atoms with Crippen molar-refractivity contribution in [2.24, 2.45) is 0 Å². The van der Waals surface area contributed by atoms with Gasteiger partial charge in [-0.15, -0.1) is 0 Å². The zero-order valence-electron chi connectivity index (χ0n) is 55.4. The molecule has 0 amide bonds. The summed E-state index contributed by atoms with van der Waals surface area (Å²) >= 11 is 0. The Morgan fingerprint density at radius 3 is 0.617 bits per heavy atom. The maximum atomic E-state index is 13.0. The predicted molar refractivity (Wildman–Crippen MR) is 353 cm³/mol. The van der Waals surface area contributed by atoms with Gasteiger partial charge in [-0.25, -0.2) is 0 Å². The highest BCUT2D eigenvalue weighted by Crippen LogP contribution is 2.20. The van der Waals surface area contributed by atoms with Crippen LogP contribution < -0.4 is 0 Å². The van der Waals surface area contributed by atoms with E-state index in [1.807, 2.05) is 0 Å². The summed E-state index contributed by atoms with van der Waals surface area (Å²) in [5, 5.41) is 0. The van der Waals surface area contributed by atoms with Gasteiger partial charge in [0.15, 0.2) is 6.10 Å². The summed E-state index contributed by atoms with van der Waals surface area (Å²) in [5.41, 5.74) is 0. The number of unbranched alkanes of at least 4 members (excludes halogenated alkanes) is 57. The molecule has 480 valence electrons. The van der Waals surface area contributed by atoms with E-state index in [2.05, 4.69) is 32.9 Å². The number of hydrogen-bond acceptors (Lipinski definition) is 6. The van der Waals surface area contributed by atoms with Crippen molar-refractivity contribution in [1.29, 1.82) is 0 Å². The van der Waals surface area contributed by atoms with E-state index in [0.29, 0.717) is 19.3 Å². The molecule has 0 aromatic rings. The fraction of sp³-hybridized carbons (Fsp3) is 0.933. The van der Waals surface area contributed by atoms with E-state index in [-0.39, 0.29) is 31.1 Å². The van der Waals surface area contributed by atoms with Crippen LogP contribution in [-0.2, 0) is 28.6 Å². The van der Waals surface area contributed by atoms with Crippen molar-refractivity contribution in [3.05, 3.63) is 12.2 Å². The normalized spacial score (nSPS) is 12.0. The van der Waals surface area contributed by atoms with Crippen molar-refractivity contribution in [3.63, 3.8) is 0 Å². The number of esters is 3. The molecule has 6 heteroatoms. The minimum atomic E-state index is -0.769. The number of carbonyl (C=O) groups excluding carboxylic acids is 3. The van der Waals surface area contributed by atoms with Crippen LogP contribution >= 0.6 is 0 Å². The minimum absolute atomic E-state index is 0.0640. The van der Waals surface area contributed by atoms with Gasteiger partial charge in [-0.05, 0) is 44.9 Å². The molecule has 0 saturated carbocycles. The van der Waals surface area contributed by atoms with Gasteiger partial charge in [-0.3, -0.25) is 14.4 Å². The third-order valence-electron chi connectivity index (χ3n) is 17.3. The number of ether oxygens (including phenoxy) is 3. The van der Waals surface area contributed by atoms with E-state index in [1.165, 1.54) is 334 Å². The summed E-state index contributed by atoms with van der Waals surface area (Å²) in [6.07, 6.45) is 85.4. The topological polar surface area (TPSA) is 78.9 Å². The van der Waals surface area contributed by atoms with Crippen LogP contribution in [0.4, 0.5) is 0 Å². The molecule has 0 aliphatic heterocycles. The van der Waals surface area contributed by atoms with Crippen LogP contribution in [0.15, 0.2) is 12.2 Å². The fourth-order valence-corrected chi connectivity index (χ4v) is 11.7. The van der Waals surface area contributed by atoms with Gasteiger partial charge in [0, 0.05) is 19.3 Å². The maximum absolute atomic E-state index is 13.0. The smallest absolute Gasteiger partial charge is 0.306 e. The van der Waals surface area contributed by atoms with E-state index in [1.54, 1.807) is 0 Å². The van der Waals surface area contributed by atoms with Crippen molar-refractivity contribution >= 4 is 17.9 Å². The average molecular weight is 1140 g/mol. The van der Waals surface area contributed by atoms with Gasteiger partial charge in [0.2, 0.25) is 0 Å². The van der Waals surface area contributed by atoms with Crippen molar-refractivity contribution in [2.75, 3.05) is 13.2 Å². The Morgan fingerprint density at radius 1 is 0.235 bits per heavy atom. The first-order chi connectivity index (χ1) is 40.0. The molecular weight excluding hydrogens is 997 g/mol. The molecule has 0 fully saturated rings. The number of allylic oxidation sites excluding steroid dienone is 2. The maximum Gasteiger partial charge on any atom is 0.306 e. The molecular formula is C75H144O6. The highest BCUT2D eigenvalue weighted by Gasteiger charge is 2.20. The lowest BCUT2D eigenvalue weighted by Crippen LogP contribution is -2.30. The first kappa shape index (κ1) is 79.2.